The second kappa shape index (κ2) is 8.35. The highest BCUT2D eigenvalue weighted by Gasteiger charge is 2.31. The molecular formula is C14H24N4O5. The Morgan fingerprint density at radius 1 is 1.26 bits per heavy atom. The predicted octanol–water partition coefficient (Wildman–Crippen LogP) is -1.12. The molecule has 9 heteroatoms. The third kappa shape index (κ3) is 5.42. The number of hydrogen-bond acceptors (Lipinski definition) is 5. The molecule has 1 fully saturated rings. The van der Waals surface area contributed by atoms with Crippen molar-refractivity contribution in [2.75, 3.05) is 47.4 Å². The van der Waals surface area contributed by atoms with Crippen LogP contribution in [-0.4, -0.2) is 91.9 Å². The molecule has 1 unspecified atom stereocenters. The SMILES string of the molecule is COC(=O)NCC(=O)N1CCC(N(C)C(=O)CN(C)C(C)=O)C1. The van der Waals surface area contributed by atoms with Crippen molar-refractivity contribution in [1.29, 1.82) is 0 Å². The van der Waals surface area contributed by atoms with Crippen LogP contribution >= 0.6 is 0 Å². The lowest BCUT2D eigenvalue weighted by molar-refractivity contribution is -0.139. The van der Waals surface area contributed by atoms with Gasteiger partial charge in [0.25, 0.3) is 0 Å². The molecule has 1 atom stereocenters. The van der Waals surface area contributed by atoms with Crippen LogP contribution in [0.15, 0.2) is 0 Å². The van der Waals surface area contributed by atoms with E-state index in [1.807, 2.05) is 0 Å². The molecular weight excluding hydrogens is 304 g/mol. The molecule has 1 aliphatic heterocycles. The number of carbonyl (C=O) groups excluding carboxylic acids is 4. The number of amides is 4. The van der Waals surface area contributed by atoms with Crippen molar-refractivity contribution in [3.8, 4) is 0 Å². The number of hydrogen-bond donors (Lipinski definition) is 1. The zero-order valence-corrected chi connectivity index (χ0v) is 14.0. The Kier molecular flexibility index (Phi) is 6.80. The van der Waals surface area contributed by atoms with E-state index >= 15 is 0 Å². The summed E-state index contributed by atoms with van der Waals surface area (Å²) in [6, 6.07) is -0.0927. The van der Waals surface area contributed by atoms with E-state index in [9.17, 15) is 19.2 Å². The van der Waals surface area contributed by atoms with Crippen LogP contribution < -0.4 is 5.32 Å². The molecule has 0 saturated carbocycles. The molecule has 0 aromatic carbocycles. The fourth-order valence-electron chi connectivity index (χ4n) is 2.25. The maximum absolute atomic E-state index is 12.1. The van der Waals surface area contributed by atoms with Crippen LogP contribution in [0.5, 0.6) is 0 Å². The number of ether oxygens (including phenoxy) is 1. The summed E-state index contributed by atoms with van der Waals surface area (Å²) in [6.45, 7) is 2.21. The summed E-state index contributed by atoms with van der Waals surface area (Å²) in [7, 11) is 4.46. The van der Waals surface area contributed by atoms with Crippen molar-refractivity contribution in [2.45, 2.75) is 19.4 Å². The molecule has 0 aromatic rings. The van der Waals surface area contributed by atoms with Gasteiger partial charge in [-0.1, -0.05) is 0 Å². The van der Waals surface area contributed by atoms with Gasteiger partial charge in [-0.25, -0.2) is 4.79 Å². The molecule has 1 N–H and O–H groups in total. The van der Waals surface area contributed by atoms with E-state index in [-0.39, 0.29) is 36.9 Å². The maximum Gasteiger partial charge on any atom is 0.407 e. The lowest BCUT2D eigenvalue weighted by atomic mass is 10.2. The number of nitrogens with zero attached hydrogens (tertiary/aromatic N) is 3. The van der Waals surface area contributed by atoms with Crippen molar-refractivity contribution in [1.82, 2.24) is 20.0 Å². The summed E-state index contributed by atoms with van der Waals surface area (Å²) in [5, 5.41) is 2.34. The highest BCUT2D eigenvalue weighted by atomic mass is 16.5. The van der Waals surface area contributed by atoms with Gasteiger partial charge in [0.1, 0.15) is 6.54 Å². The quantitative estimate of drug-likeness (QED) is 0.689. The number of likely N-dealkylation sites (N-methyl/N-ethyl adjacent to an activating group) is 2. The molecule has 0 spiro atoms. The molecule has 1 aliphatic rings. The lowest BCUT2D eigenvalue weighted by Crippen LogP contribution is -2.45. The average molecular weight is 328 g/mol. The van der Waals surface area contributed by atoms with Gasteiger partial charge in [0.05, 0.1) is 19.7 Å². The largest absolute Gasteiger partial charge is 0.453 e. The number of carbonyl (C=O) groups is 4. The molecule has 0 aliphatic carbocycles. The molecule has 23 heavy (non-hydrogen) atoms. The van der Waals surface area contributed by atoms with Crippen molar-refractivity contribution in [3.05, 3.63) is 0 Å². The second-order valence-corrected chi connectivity index (χ2v) is 5.51. The fourth-order valence-corrected chi connectivity index (χ4v) is 2.25. The zero-order valence-electron chi connectivity index (χ0n) is 14.0. The van der Waals surface area contributed by atoms with E-state index in [4.69, 9.17) is 0 Å². The van der Waals surface area contributed by atoms with E-state index in [1.54, 1.807) is 23.9 Å². The number of nitrogens with one attached hydrogen (secondary N) is 1. The van der Waals surface area contributed by atoms with E-state index in [1.165, 1.54) is 18.9 Å². The van der Waals surface area contributed by atoms with Gasteiger partial charge in [-0.15, -0.1) is 0 Å². The predicted molar refractivity (Wildman–Crippen MR) is 81.5 cm³/mol. The fraction of sp³-hybridized carbons (Fsp3) is 0.714. The Labute approximate surface area is 135 Å². The van der Waals surface area contributed by atoms with Gasteiger partial charge in [0.2, 0.25) is 17.7 Å². The standard InChI is InChI=1S/C14H24N4O5/c1-10(19)16(2)9-13(21)17(3)11-5-6-18(8-11)12(20)7-15-14(22)23-4/h11H,5-9H2,1-4H3,(H,15,22). The van der Waals surface area contributed by atoms with E-state index in [2.05, 4.69) is 10.1 Å². The molecule has 0 aromatic heterocycles. The van der Waals surface area contributed by atoms with E-state index in [0.29, 0.717) is 19.5 Å². The summed E-state index contributed by atoms with van der Waals surface area (Å²) in [5.41, 5.74) is 0. The Bertz CT molecular complexity index is 482. The van der Waals surface area contributed by atoms with Crippen LogP contribution in [0.25, 0.3) is 0 Å². The summed E-state index contributed by atoms with van der Waals surface area (Å²) >= 11 is 0. The van der Waals surface area contributed by atoms with Crippen molar-refractivity contribution in [3.63, 3.8) is 0 Å². The first-order valence-corrected chi connectivity index (χ1v) is 7.33. The number of rotatable bonds is 5. The van der Waals surface area contributed by atoms with Gasteiger partial charge in [0.15, 0.2) is 0 Å². The number of alkyl carbamates (subject to hydrolysis) is 1. The number of methoxy groups -OCH3 is 1. The van der Waals surface area contributed by atoms with Crippen LogP contribution in [0.2, 0.25) is 0 Å². The summed E-state index contributed by atoms with van der Waals surface area (Å²) in [6.07, 6.45) is 0.00404. The van der Waals surface area contributed by atoms with Crippen molar-refractivity contribution in [2.24, 2.45) is 0 Å². The minimum absolute atomic E-state index is 0.0141. The summed E-state index contributed by atoms with van der Waals surface area (Å²) in [5.74, 6) is -0.571. The second-order valence-electron chi connectivity index (χ2n) is 5.51. The minimum atomic E-state index is -0.659. The normalized spacial score (nSPS) is 16.7. The lowest BCUT2D eigenvalue weighted by Gasteiger charge is -2.27. The molecule has 1 heterocycles. The highest BCUT2D eigenvalue weighted by Crippen LogP contribution is 2.14. The third-order valence-electron chi connectivity index (χ3n) is 3.94. The van der Waals surface area contributed by atoms with Crippen LogP contribution in [0.1, 0.15) is 13.3 Å². The molecule has 130 valence electrons. The molecule has 1 rings (SSSR count). The molecule has 1 saturated heterocycles. The first-order chi connectivity index (χ1) is 10.8. The van der Waals surface area contributed by atoms with Crippen LogP contribution in [0.4, 0.5) is 4.79 Å². The maximum atomic E-state index is 12.1. The van der Waals surface area contributed by atoms with Crippen LogP contribution in [-0.2, 0) is 19.1 Å². The topological polar surface area (TPSA) is 99.3 Å². The van der Waals surface area contributed by atoms with Gasteiger partial charge in [-0.2, -0.15) is 0 Å². The van der Waals surface area contributed by atoms with Gasteiger partial charge in [-0.05, 0) is 6.42 Å². The first-order valence-electron chi connectivity index (χ1n) is 7.33. The Hall–Kier alpha value is -2.32. The van der Waals surface area contributed by atoms with E-state index < -0.39 is 6.09 Å². The molecule has 4 amide bonds. The monoisotopic (exact) mass is 328 g/mol. The molecule has 0 radical (unpaired) electrons. The highest BCUT2D eigenvalue weighted by molar-refractivity contribution is 5.84. The average Bonchev–Trinajstić information content (AvgIpc) is 3.00. The smallest absolute Gasteiger partial charge is 0.407 e. The Balaban J connectivity index is 2.46. The minimum Gasteiger partial charge on any atom is -0.453 e. The van der Waals surface area contributed by atoms with Gasteiger partial charge in [0, 0.05) is 34.1 Å². The van der Waals surface area contributed by atoms with Crippen LogP contribution in [0.3, 0.4) is 0 Å². The van der Waals surface area contributed by atoms with Crippen LogP contribution in [0, 0.1) is 0 Å². The molecule has 9 nitrogen and oxygen atoms in total. The van der Waals surface area contributed by atoms with Crippen molar-refractivity contribution >= 4 is 23.8 Å². The first kappa shape index (κ1) is 18.7. The molecule has 0 bridgehead atoms. The van der Waals surface area contributed by atoms with Gasteiger partial charge >= 0.3 is 6.09 Å². The Morgan fingerprint density at radius 3 is 2.48 bits per heavy atom. The van der Waals surface area contributed by atoms with Crippen molar-refractivity contribution < 1.29 is 23.9 Å². The third-order valence-corrected chi connectivity index (χ3v) is 3.94. The Morgan fingerprint density at radius 2 is 1.91 bits per heavy atom. The zero-order chi connectivity index (χ0) is 17.6. The van der Waals surface area contributed by atoms with E-state index in [0.717, 1.165) is 0 Å². The van der Waals surface area contributed by atoms with Gasteiger partial charge < -0.3 is 24.8 Å². The summed E-state index contributed by atoms with van der Waals surface area (Å²) in [4.78, 5) is 50.7. The number of likely N-dealkylation sites (tertiary alicyclic amines) is 1. The summed E-state index contributed by atoms with van der Waals surface area (Å²) < 4.78 is 4.40. The van der Waals surface area contributed by atoms with Gasteiger partial charge in [-0.3, -0.25) is 14.4 Å².